The molecule has 0 saturated heterocycles. The Bertz CT molecular complexity index is 1750. The minimum Gasteiger partial charge on any atom is -0.404 e. The van der Waals surface area contributed by atoms with Crippen molar-refractivity contribution in [2.75, 3.05) is 6.54 Å². The quantitative estimate of drug-likeness (QED) is 0.227. The van der Waals surface area contributed by atoms with Gasteiger partial charge >= 0.3 is 0 Å². The Balaban J connectivity index is 1.32. The predicted octanol–water partition coefficient (Wildman–Crippen LogP) is 8.38. The maximum Gasteiger partial charge on any atom is 0.0259 e. The van der Waals surface area contributed by atoms with E-state index in [1.807, 2.05) is 0 Å². The van der Waals surface area contributed by atoms with Gasteiger partial charge in [0.15, 0.2) is 0 Å². The third-order valence-corrected chi connectivity index (χ3v) is 10.1. The van der Waals surface area contributed by atoms with Gasteiger partial charge in [-0.15, -0.1) is 0 Å². The van der Waals surface area contributed by atoms with Crippen LogP contribution < -0.4 is 21.5 Å². The summed E-state index contributed by atoms with van der Waals surface area (Å²) in [7, 11) is 0. The van der Waals surface area contributed by atoms with E-state index in [9.17, 15) is 0 Å². The van der Waals surface area contributed by atoms with Crippen LogP contribution in [0, 0.1) is 11.8 Å². The van der Waals surface area contributed by atoms with Crippen molar-refractivity contribution < 1.29 is 0 Å². The number of nitrogens with one attached hydrogen (secondary N) is 1. The standard InChI is InChI=1S/C43H48N2/c1-3-11-37(29-44)41-27-26-40(42-16-9-10-17-43(41)42)31(2)18-19-38(30-45-39-25-24-33-14-7-8-15-36(33)28-39)35-22-20-34(21-23-35)32-12-5-4-6-13-32/h3-6,8-13,15-20,22,24-25,29,33,36,39,45H,7,14,21,23,26-28,30,44H2,1-2H3/b11-3-,31-18+,37-29+,38-19+. The minimum atomic E-state index is 0.414. The highest BCUT2D eigenvalue weighted by Crippen LogP contribution is 2.34. The summed E-state index contributed by atoms with van der Waals surface area (Å²) < 4.78 is 0. The lowest BCUT2D eigenvalue weighted by Crippen LogP contribution is -2.35. The number of nitrogens with two attached hydrogens (primary N) is 1. The zero-order chi connectivity index (χ0) is 31.0. The molecule has 0 heterocycles. The van der Waals surface area contributed by atoms with Crippen molar-refractivity contribution in [3.63, 3.8) is 0 Å². The second-order valence-electron chi connectivity index (χ2n) is 12.9. The van der Waals surface area contributed by atoms with Gasteiger partial charge in [-0.2, -0.15) is 0 Å². The maximum absolute atomic E-state index is 6.07. The topological polar surface area (TPSA) is 38.0 Å². The second-order valence-corrected chi connectivity index (χ2v) is 12.9. The van der Waals surface area contributed by atoms with Crippen LogP contribution in [0.3, 0.4) is 0 Å². The zero-order valence-corrected chi connectivity index (χ0v) is 27.0. The summed E-state index contributed by atoms with van der Waals surface area (Å²) in [5.41, 5.74) is 16.9. The van der Waals surface area contributed by atoms with Gasteiger partial charge in [0.2, 0.25) is 0 Å². The first-order valence-electron chi connectivity index (χ1n) is 16.9. The van der Waals surface area contributed by atoms with Gasteiger partial charge in [0, 0.05) is 18.8 Å². The lowest BCUT2D eigenvalue weighted by atomic mass is 9.76. The molecular formula is C43H48N2. The van der Waals surface area contributed by atoms with Gasteiger partial charge in [-0.3, -0.25) is 0 Å². The molecule has 0 aromatic heterocycles. The highest BCUT2D eigenvalue weighted by molar-refractivity contribution is 5.76. The molecule has 230 valence electrons. The molecule has 0 amide bonds. The van der Waals surface area contributed by atoms with Crippen molar-refractivity contribution in [3.05, 3.63) is 160 Å². The van der Waals surface area contributed by atoms with E-state index in [0.29, 0.717) is 12.0 Å². The number of hydrogen-bond acceptors (Lipinski definition) is 2. The molecule has 3 N–H and O–H groups in total. The fraction of sp³-hybridized carbons (Fsp3) is 0.302. The third kappa shape index (κ3) is 7.24. The van der Waals surface area contributed by atoms with E-state index in [0.717, 1.165) is 43.7 Å². The van der Waals surface area contributed by atoms with E-state index in [4.69, 9.17) is 5.73 Å². The summed E-state index contributed by atoms with van der Waals surface area (Å²) in [5, 5.41) is 6.57. The average molecular weight is 593 g/mol. The Morgan fingerprint density at radius 2 is 1.62 bits per heavy atom. The van der Waals surface area contributed by atoms with Crippen molar-refractivity contribution >= 4 is 16.7 Å². The van der Waals surface area contributed by atoms with Crippen LogP contribution in [0.2, 0.25) is 0 Å². The average Bonchev–Trinajstić information content (AvgIpc) is 3.10. The number of hydrogen-bond donors (Lipinski definition) is 2. The highest BCUT2D eigenvalue weighted by atomic mass is 14.9. The zero-order valence-electron chi connectivity index (χ0n) is 27.0. The molecule has 0 spiro atoms. The molecule has 3 unspecified atom stereocenters. The van der Waals surface area contributed by atoms with E-state index >= 15 is 0 Å². The third-order valence-electron chi connectivity index (χ3n) is 10.1. The molecule has 2 aromatic carbocycles. The van der Waals surface area contributed by atoms with E-state index in [1.165, 1.54) is 68.7 Å². The summed E-state index contributed by atoms with van der Waals surface area (Å²) in [5.74, 6) is 1.40. The summed E-state index contributed by atoms with van der Waals surface area (Å²) >= 11 is 0. The Hall–Kier alpha value is -4.14. The molecule has 0 radical (unpaired) electrons. The molecule has 0 bridgehead atoms. The highest BCUT2D eigenvalue weighted by Gasteiger charge is 2.26. The molecule has 2 heteroatoms. The predicted molar refractivity (Wildman–Crippen MR) is 193 cm³/mol. The SMILES string of the molecule is C/C=C\C(=C/N)C1=c2ccccc2=C(/C(C)=C/C=C(\CNC2C=CC3CCC=CC3C2)C2=CC=C(c3ccccc3)CC2)CC1. The van der Waals surface area contributed by atoms with Crippen molar-refractivity contribution in [2.45, 2.75) is 64.8 Å². The number of rotatable bonds is 9. The largest absolute Gasteiger partial charge is 0.404 e. The first-order chi connectivity index (χ1) is 22.1. The van der Waals surface area contributed by atoms with Crippen LogP contribution in [-0.2, 0) is 0 Å². The molecule has 0 saturated carbocycles. The van der Waals surface area contributed by atoms with Crippen LogP contribution in [0.5, 0.6) is 0 Å². The number of benzene rings is 2. The Morgan fingerprint density at radius 3 is 2.38 bits per heavy atom. The van der Waals surface area contributed by atoms with Gasteiger partial charge in [-0.05, 0) is 126 Å². The molecule has 0 fully saturated rings. The van der Waals surface area contributed by atoms with E-state index in [2.05, 4.69) is 135 Å². The van der Waals surface area contributed by atoms with Crippen molar-refractivity contribution in [2.24, 2.45) is 17.6 Å². The number of fused-ring (bicyclic) bond motifs is 2. The fourth-order valence-electron chi connectivity index (χ4n) is 7.53. The van der Waals surface area contributed by atoms with Crippen LogP contribution in [0.25, 0.3) is 16.7 Å². The van der Waals surface area contributed by atoms with Gasteiger partial charge in [-0.1, -0.05) is 115 Å². The maximum atomic E-state index is 6.07. The minimum absolute atomic E-state index is 0.414. The lowest BCUT2D eigenvalue weighted by Gasteiger charge is -2.33. The molecule has 2 nitrogen and oxygen atoms in total. The van der Waals surface area contributed by atoms with Crippen molar-refractivity contribution in [3.8, 4) is 0 Å². The second kappa shape index (κ2) is 14.8. The van der Waals surface area contributed by atoms with Crippen LogP contribution in [0.1, 0.15) is 64.4 Å². The smallest absolute Gasteiger partial charge is 0.0259 e. The Kier molecular flexibility index (Phi) is 10.1. The van der Waals surface area contributed by atoms with Crippen LogP contribution in [-0.4, -0.2) is 12.6 Å². The molecule has 4 aliphatic rings. The van der Waals surface area contributed by atoms with E-state index < -0.39 is 0 Å². The normalized spacial score (nSPS) is 24.0. The van der Waals surface area contributed by atoms with Gasteiger partial charge in [-0.25, -0.2) is 0 Å². The van der Waals surface area contributed by atoms with Crippen LogP contribution in [0.15, 0.2) is 144 Å². The van der Waals surface area contributed by atoms with Gasteiger partial charge in [0.05, 0.1) is 0 Å². The van der Waals surface area contributed by atoms with Gasteiger partial charge < -0.3 is 11.1 Å². The van der Waals surface area contributed by atoms with Crippen molar-refractivity contribution in [1.29, 1.82) is 0 Å². The first-order valence-corrected chi connectivity index (χ1v) is 16.9. The van der Waals surface area contributed by atoms with Gasteiger partial charge in [0.1, 0.15) is 0 Å². The van der Waals surface area contributed by atoms with Gasteiger partial charge in [0.25, 0.3) is 0 Å². The van der Waals surface area contributed by atoms with Crippen LogP contribution in [0.4, 0.5) is 0 Å². The Labute approximate surface area is 270 Å². The van der Waals surface area contributed by atoms with Crippen LogP contribution >= 0.6 is 0 Å². The molecule has 6 rings (SSSR count). The summed E-state index contributed by atoms with van der Waals surface area (Å²) in [6, 6.07) is 20.1. The monoisotopic (exact) mass is 592 g/mol. The summed E-state index contributed by atoms with van der Waals surface area (Å²) in [4.78, 5) is 0. The summed E-state index contributed by atoms with van der Waals surface area (Å²) in [6.45, 7) is 5.21. The molecule has 0 aliphatic heterocycles. The van der Waals surface area contributed by atoms with Crippen molar-refractivity contribution in [1.82, 2.24) is 5.32 Å². The molecule has 45 heavy (non-hydrogen) atoms. The first kappa shape index (κ1) is 30.9. The summed E-state index contributed by atoms with van der Waals surface area (Å²) in [6.07, 6.45) is 33.0. The molecule has 4 aliphatic carbocycles. The fourth-order valence-corrected chi connectivity index (χ4v) is 7.53. The molecule has 2 aromatic rings. The Morgan fingerprint density at radius 1 is 0.844 bits per heavy atom. The number of allylic oxidation sites excluding steroid dienone is 12. The van der Waals surface area contributed by atoms with E-state index in [1.54, 1.807) is 6.20 Å². The molecule has 3 atom stereocenters. The van der Waals surface area contributed by atoms with E-state index in [-0.39, 0.29) is 0 Å². The molecular weight excluding hydrogens is 544 g/mol. The lowest BCUT2D eigenvalue weighted by molar-refractivity contribution is 0.352.